The van der Waals surface area contributed by atoms with E-state index in [1.807, 2.05) is 22.2 Å². The zero-order chi connectivity index (χ0) is 14.6. The first kappa shape index (κ1) is 12.6. The maximum Gasteiger partial charge on any atom is 0.299 e. The molecular formula is C14H8ClN3O2S. The van der Waals surface area contributed by atoms with Crippen molar-refractivity contribution in [2.24, 2.45) is 0 Å². The predicted octanol–water partition coefficient (Wildman–Crippen LogP) is 2.78. The highest BCUT2D eigenvalue weighted by Gasteiger charge is 2.36. The van der Waals surface area contributed by atoms with E-state index < -0.39 is 11.7 Å². The van der Waals surface area contributed by atoms with Crippen molar-refractivity contribution in [2.45, 2.75) is 6.54 Å². The van der Waals surface area contributed by atoms with Gasteiger partial charge in [-0.1, -0.05) is 11.6 Å². The number of amides is 1. The number of Topliss-reactive ketones (excluding diaryl/α,β-unsaturated/α-hetero) is 1. The summed E-state index contributed by atoms with van der Waals surface area (Å²) in [6.45, 7) is 0.271. The molecule has 3 aromatic rings. The minimum Gasteiger partial charge on any atom is -0.299 e. The molecule has 1 aromatic carbocycles. The van der Waals surface area contributed by atoms with Crippen LogP contribution in [0.25, 0.3) is 4.96 Å². The highest BCUT2D eigenvalue weighted by Crippen LogP contribution is 2.32. The highest BCUT2D eigenvalue weighted by atomic mass is 35.5. The van der Waals surface area contributed by atoms with Crippen molar-refractivity contribution in [1.82, 2.24) is 9.38 Å². The van der Waals surface area contributed by atoms with Crippen LogP contribution >= 0.6 is 22.9 Å². The molecule has 1 aliphatic heterocycles. The van der Waals surface area contributed by atoms with Crippen LogP contribution in [-0.2, 0) is 11.3 Å². The summed E-state index contributed by atoms with van der Waals surface area (Å²) in [5, 5.41) is 2.38. The lowest BCUT2D eigenvalue weighted by Crippen LogP contribution is -2.29. The second-order valence-corrected chi connectivity index (χ2v) is 6.02. The van der Waals surface area contributed by atoms with Gasteiger partial charge >= 0.3 is 0 Å². The predicted molar refractivity (Wildman–Crippen MR) is 80.0 cm³/mol. The Labute approximate surface area is 128 Å². The van der Waals surface area contributed by atoms with Crippen molar-refractivity contribution < 1.29 is 9.59 Å². The molecule has 1 aliphatic rings. The van der Waals surface area contributed by atoms with Gasteiger partial charge in [0.25, 0.3) is 11.7 Å². The third kappa shape index (κ3) is 1.87. The van der Waals surface area contributed by atoms with E-state index in [0.717, 1.165) is 10.7 Å². The zero-order valence-electron chi connectivity index (χ0n) is 10.6. The Morgan fingerprint density at radius 3 is 2.95 bits per heavy atom. The minimum absolute atomic E-state index is 0.271. The van der Waals surface area contributed by atoms with Gasteiger partial charge in [-0.15, -0.1) is 11.3 Å². The Hall–Kier alpha value is -2.18. The van der Waals surface area contributed by atoms with E-state index in [-0.39, 0.29) is 6.54 Å². The molecule has 0 N–H and O–H groups in total. The number of fused-ring (bicyclic) bond motifs is 2. The van der Waals surface area contributed by atoms with Gasteiger partial charge < -0.3 is 0 Å². The number of benzene rings is 1. The molecule has 1 amide bonds. The summed E-state index contributed by atoms with van der Waals surface area (Å²) in [4.78, 5) is 30.9. The first-order chi connectivity index (χ1) is 10.1. The van der Waals surface area contributed by atoms with Crippen LogP contribution in [0.1, 0.15) is 16.1 Å². The number of hydrogen-bond acceptors (Lipinski definition) is 4. The molecule has 2 aromatic heterocycles. The summed E-state index contributed by atoms with van der Waals surface area (Å²) in [6.07, 6.45) is 3.76. The number of carbonyl (C=O) groups excluding carboxylic acids is 2. The van der Waals surface area contributed by atoms with E-state index in [4.69, 9.17) is 11.6 Å². The molecule has 3 heterocycles. The molecule has 0 saturated heterocycles. The average Bonchev–Trinajstić information content (AvgIpc) is 3.09. The van der Waals surface area contributed by atoms with Gasteiger partial charge in [0, 0.05) is 22.8 Å². The molecule has 0 saturated carbocycles. The van der Waals surface area contributed by atoms with E-state index in [0.29, 0.717) is 16.3 Å². The van der Waals surface area contributed by atoms with E-state index in [9.17, 15) is 9.59 Å². The van der Waals surface area contributed by atoms with Crippen LogP contribution in [0.2, 0.25) is 5.02 Å². The van der Waals surface area contributed by atoms with Gasteiger partial charge in [0.1, 0.15) is 0 Å². The molecule has 7 heteroatoms. The smallest absolute Gasteiger partial charge is 0.299 e. The zero-order valence-corrected chi connectivity index (χ0v) is 12.2. The second kappa shape index (κ2) is 4.41. The summed E-state index contributed by atoms with van der Waals surface area (Å²) in [7, 11) is 0. The van der Waals surface area contributed by atoms with E-state index in [1.54, 1.807) is 12.1 Å². The lowest BCUT2D eigenvalue weighted by atomic mass is 10.1. The van der Waals surface area contributed by atoms with Gasteiger partial charge in [-0.2, -0.15) is 0 Å². The van der Waals surface area contributed by atoms with Gasteiger partial charge in [0.05, 0.1) is 23.5 Å². The third-order valence-electron chi connectivity index (χ3n) is 3.40. The monoisotopic (exact) mass is 317 g/mol. The first-order valence-electron chi connectivity index (χ1n) is 6.20. The van der Waals surface area contributed by atoms with Crippen LogP contribution in [0, 0.1) is 0 Å². The number of aromatic nitrogens is 2. The number of halogens is 1. The average molecular weight is 318 g/mol. The van der Waals surface area contributed by atoms with Crippen molar-refractivity contribution in [2.75, 3.05) is 4.90 Å². The van der Waals surface area contributed by atoms with E-state index in [2.05, 4.69) is 4.98 Å². The van der Waals surface area contributed by atoms with Crippen LogP contribution < -0.4 is 4.90 Å². The molecule has 0 fully saturated rings. The first-order valence-corrected chi connectivity index (χ1v) is 7.46. The van der Waals surface area contributed by atoms with Crippen LogP contribution in [0.5, 0.6) is 0 Å². The molecule has 0 aliphatic carbocycles. The van der Waals surface area contributed by atoms with Crippen LogP contribution in [0.4, 0.5) is 5.69 Å². The van der Waals surface area contributed by atoms with E-state index >= 15 is 0 Å². The molecule has 0 bridgehead atoms. The number of rotatable bonds is 2. The van der Waals surface area contributed by atoms with Gasteiger partial charge in [0.15, 0.2) is 4.96 Å². The standard InChI is InChI=1S/C14H8ClN3O2S/c15-8-1-2-11-10(5-8)12(19)13(20)18(11)7-9-6-17-3-4-21-14(17)16-9/h1-6H,7H2. The number of thiazole rings is 1. The van der Waals surface area contributed by atoms with Crippen LogP contribution in [0.3, 0.4) is 0 Å². The van der Waals surface area contributed by atoms with Crippen LogP contribution in [0.15, 0.2) is 36.0 Å². The maximum atomic E-state index is 12.1. The van der Waals surface area contributed by atoms with Crippen molar-refractivity contribution in [3.8, 4) is 0 Å². The minimum atomic E-state index is -0.538. The summed E-state index contributed by atoms with van der Waals surface area (Å²) in [5.74, 6) is -1.06. The van der Waals surface area contributed by atoms with Gasteiger partial charge in [-0.05, 0) is 18.2 Å². The van der Waals surface area contributed by atoms with Crippen molar-refractivity contribution >= 4 is 45.3 Å². The fourth-order valence-corrected chi connectivity index (χ4v) is 3.33. The Balaban J connectivity index is 1.74. The number of anilines is 1. The molecule has 0 atom stereocenters. The number of hydrogen-bond donors (Lipinski definition) is 0. The fraction of sp³-hybridized carbons (Fsp3) is 0.0714. The molecular weight excluding hydrogens is 310 g/mol. The van der Waals surface area contributed by atoms with Crippen molar-refractivity contribution in [3.05, 3.63) is 52.3 Å². The molecule has 0 radical (unpaired) electrons. The Morgan fingerprint density at radius 1 is 1.29 bits per heavy atom. The van der Waals surface area contributed by atoms with Gasteiger partial charge in [0.2, 0.25) is 0 Å². The molecule has 0 spiro atoms. The Kier molecular flexibility index (Phi) is 2.63. The maximum absolute atomic E-state index is 12.1. The lowest BCUT2D eigenvalue weighted by molar-refractivity contribution is -0.114. The largest absolute Gasteiger partial charge is 0.299 e. The summed E-state index contributed by atoms with van der Waals surface area (Å²) >= 11 is 7.41. The fourth-order valence-electron chi connectivity index (χ4n) is 2.44. The quantitative estimate of drug-likeness (QED) is 0.683. The summed E-state index contributed by atoms with van der Waals surface area (Å²) < 4.78 is 1.89. The lowest BCUT2D eigenvalue weighted by Gasteiger charge is -2.14. The van der Waals surface area contributed by atoms with Gasteiger partial charge in [-0.25, -0.2) is 4.98 Å². The highest BCUT2D eigenvalue weighted by molar-refractivity contribution is 7.15. The third-order valence-corrected chi connectivity index (χ3v) is 4.40. The molecule has 21 heavy (non-hydrogen) atoms. The number of nitrogens with zero attached hydrogens (tertiary/aromatic N) is 3. The molecule has 104 valence electrons. The second-order valence-electron chi connectivity index (χ2n) is 4.71. The van der Waals surface area contributed by atoms with Gasteiger partial charge in [-0.3, -0.25) is 18.9 Å². The van der Waals surface area contributed by atoms with Crippen LogP contribution in [-0.4, -0.2) is 21.1 Å². The van der Waals surface area contributed by atoms with Crippen molar-refractivity contribution in [3.63, 3.8) is 0 Å². The summed E-state index contributed by atoms with van der Waals surface area (Å²) in [6, 6.07) is 4.90. The number of imidazole rings is 1. The normalized spacial score (nSPS) is 14.2. The molecule has 4 rings (SSSR count). The molecule has 5 nitrogen and oxygen atoms in total. The Bertz CT molecular complexity index is 870. The number of ketones is 1. The Morgan fingerprint density at radius 2 is 2.14 bits per heavy atom. The van der Waals surface area contributed by atoms with E-state index in [1.165, 1.54) is 22.3 Å². The summed E-state index contributed by atoms with van der Waals surface area (Å²) in [5.41, 5.74) is 1.69. The topological polar surface area (TPSA) is 54.7 Å². The van der Waals surface area contributed by atoms with Crippen molar-refractivity contribution in [1.29, 1.82) is 0 Å². The molecule has 0 unspecified atom stereocenters. The SMILES string of the molecule is O=C1C(=O)N(Cc2cn3ccsc3n2)c2ccc(Cl)cc21. The number of carbonyl (C=O) groups is 2.